The SMILES string of the molecule is C[C@@H]1CCCN1c1nc2cc(C(=O)O)ccc2nc1-c1ccccc1. The average Bonchev–Trinajstić information content (AvgIpc) is 3.06. The summed E-state index contributed by atoms with van der Waals surface area (Å²) in [6, 6.07) is 15.3. The summed E-state index contributed by atoms with van der Waals surface area (Å²) >= 11 is 0. The Bertz CT molecular complexity index is 940. The fourth-order valence-electron chi connectivity index (χ4n) is 3.42. The van der Waals surface area contributed by atoms with E-state index in [9.17, 15) is 9.90 Å². The van der Waals surface area contributed by atoms with Crippen LogP contribution in [0.4, 0.5) is 5.82 Å². The van der Waals surface area contributed by atoms with Gasteiger partial charge < -0.3 is 10.0 Å². The van der Waals surface area contributed by atoms with Crippen LogP contribution in [0.1, 0.15) is 30.1 Å². The monoisotopic (exact) mass is 333 g/mol. The van der Waals surface area contributed by atoms with Crippen LogP contribution in [0.15, 0.2) is 48.5 Å². The molecule has 4 rings (SSSR count). The van der Waals surface area contributed by atoms with Gasteiger partial charge in [0.05, 0.1) is 16.6 Å². The topological polar surface area (TPSA) is 66.3 Å². The highest BCUT2D eigenvalue weighted by Crippen LogP contribution is 2.33. The lowest BCUT2D eigenvalue weighted by Crippen LogP contribution is -2.28. The summed E-state index contributed by atoms with van der Waals surface area (Å²) in [5.41, 5.74) is 3.43. The lowest BCUT2D eigenvalue weighted by molar-refractivity contribution is 0.0697. The Morgan fingerprint density at radius 3 is 2.60 bits per heavy atom. The van der Waals surface area contributed by atoms with Gasteiger partial charge in [-0.15, -0.1) is 0 Å². The molecule has 1 N–H and O–H groups in total. The number of hydrogen-bond acceptors (Lipinski definition) is 4. The Morgan fingerprint density at radius 1 is 1.12 bits per heavy atom. The van der Waals surface area contributed by atoms with Crippen molar-refractivity contribution in [2.45, 2.75) is 25.8 Å². The smallest absolute Gasteiger partial charge is 0.335 e. The molecular weight excluding hydrogens is 314 g/mol. The van der Waals surface area contributed by atoms with Crippen molar-refractivity contribution < 1.29 is 9.90 Å². The Balaban J connectivity index is 1.95. The van der Waals surface area contributed by atoms with Gasteiger partial charge in [0, 0.05) is 18.2 Å². The maximum absolute atomic E-state index is 11.3. The van der Waals surface area contributed by atoms with E-state index in [4.69, 9.17) is 9.97 Å². The maximum Gasteiger partial charge on any atom is 0.335 e. The first kappa shape index (κ1) is 15.6. The normalized spacial score (nSPS) is 17.2. The molecule has 0 radical (unpaired) electrons. The van der Waals surface area contributed by atoms with Gasteiger partial charge in [0.15, 0.2) is 5.82 Å². The molecule has 126 valence electrons. The van der Waals surface area contributed by atoms with Crippen LogP contribution < -0.4 is 4.90 Å². The lowest BCUT2D eigenvalue weighted by Gasteiger charge is -2.25. The van der Waals surface area contributed by atoms with Gasteiger partial charge in [-0.05, 0) is 38.0 Å². The van der Waals surface area contributed by atoms with Gasteiger partial charge in [-0.1, -0.05) is 30.3 Å². The number of anilines is 1. The summed E-state index contributed by atoms with van der Waals surface area (Å²) in [5.74, 6) is -0.113. The van der Waals surface area contributed by atoms with E-state index in [1.54, 1.807) is 18.2 Å². The second kappa shape index (κ2) is 6.16. The molecule has 0 spiro atoms. The van der Waals surface area contributed by atoms with Crippen LogP contribution in [0.5, 0.6) is 0 Å². The van der Waals surface area contributed by atoms with Crippen LogP contribution in [0.3, 0.4) is 0 Å². The molecule has 5 heteroatoms. The minimum absolute atomic E-state index is 0.231. The third kappa shape index (κ3) is 2.82. The fraction of sp³-hybridized carbons (Fsp3) is 0.250. The second-order valence-electron chi connectivity index (χ2n) is 6.46. The van der Waals surface area contributed by atoms with E-state index in [1.165, 1.54) is 0 Å². The van der Waals surface area contributed by atoms with E-state index in [0.717, 1.165) is 36.5 Å². The van der Waals surface area contributed by atoms with Gasteiger partial charge in [-0.25, -0.2) is 14.8 Å². The van der Waals surface area contributed by atoms with Crippen molar-refractivity contribution in [3.63, 3.8) is 0 Å². The zero-order valence-electron chi connectivity index (χ0n) is 14.0. The lowest BCUT2D eigenvalue weighted by atomic mass is 10.1. The number of carboxylic acid groups (broad SMARTS) is 1. The molecule has 0 bridgehead atoms. The zero-order valence-corrected chi connectivity index (χ0v) is 14.0. The molecule has 1 aliphatic rings. The predicted molar refractivity (Wildman–Crippen MR) is 98.0 cm³/mol. The van der Waals surface area contributed by atoms with E-state index >= 15 is 0 Å². The highest BCUT2D eigenvalue weighted by atomic mass is 16.4. The number of carboxylic acids is 1. The van der Waals surface area contributed by atoms with E-state index in [1.807, 2.05) is 30.3 Å². The third-order valence-electron chi connectivity index (χ3n) is 4.77. The third-order valence-corrected chi connectivity index (χ3v) is 4.77. The van der Waals surface area contributed by atoms with Crippen molar-refractivity contribution >= 4 is 22.8 Å². The van der Waals surface area contributed by atoms with E-state index in [0.29, 0.717) is 17.1 Å². The highest BCUT2D eigenvalue weighted by Gasteiger charge is 2.25. The molecule has 0 amide bonds. The molecule has 3 aromatic rings. The van der Waals surface area contributed by atoms with Crippen molar-refractivity contribution in [1.29, 1.82) is 0 Å². The second-order valence-corrected chi connectivity index (χ2v) is 6.46. The molecule has 1 aromatic heterocycles. The van der Waals surface area contributed by atoms with Gasteiger partial charge >= 0.3 is 5.97 Å². The summed E-state index contributed by atoms with van der Waals surface area (Å²) in [5, 5.41) is 9.24. The minimum atomic E-state index is -0.952. The number of fused-ring (bicyclic) bond motifs is 1. The Kier molecular flexibility index (Phi) is 3.84. The number of carbonyl (C=O) groups is 1. The molecule has 2 aromatic carbocycles. The molecule has 0 aliphatic carbocycles. The average molecular weight is 333 g/mol. The highest BCUT2D eigenvalue weighted by molar-refractivity contribution is 5.93. The number of rotatable bonds is 3. The van der Waals surface area contributed by atoms with Crippen LogP contribution in [0, 0.1) is 0 Å². The van der Waals surface area contributed by atoms with Crippen LogP contribution in [0.2, 0.25) is 0 Å². The Hall–Kier alpha value is -2.95. The van der Waals surface area contributed by atoms with Gasteiger partial charge in [0.1, 0.15) is 5.69 Å². The molecular formula is C20H19N3O2. The minimum Gasteiger partial charge on any atom is -0.478 e. The number of aromatic carboxylic acids is 1. The van der Waals surface area contributed by atoms with Crippen molar-refractivity contribution in [3.05, 3.63) is 54.1 Å². The fourth-order valence-corrected chi connectivity index (χ4v) is 3.42. The van der Waals surface area contributed by atoms with Gasteiger partial charge in [0.25, 0.3) is 0 Å². The van der Waals surface area contributed by atoms with Crippen molar-refractivity contribution in [3.8, 4) is 11.3 Å². The van der Waals surface area contributed by atoms with E-state index < -0.39 is 5.97 Å². The Labute approximate surface area is 146 Å². The summed E-state index contributed by atoms with van der Waals surface area (Å²) < 4.78 is 0. The first-order valence-electron chi connectivity index (χ1n) is 8.50. The molecule has 1 saturated heterocycles. The summed E-state index contributed by atoms with van der Waals surface area (Å²) in [6.45, 7) is 3.14. The number of aromatic nitrogens is 2. The van der Waals surface area contributed by atoms with Crippen LogP contribution in [-0.2, 0) is 0 Å². The van der Waals surface area contributed by atoms with Gasteiger partial charge in [-0.3, -0.25) is 0 Å². The molecule has 2 heterocycles. The van der Waals surface area contributed by atoms with Crippen molar-refractivity contribution in [1.82, 2.24) is 9.97 Å². The van der Waals surface area contributed by atoms with Crippen molar-refractivity contribution in [2.75, 3.05) is 11.4 Å². The molecule has 25 heavy (non-hydrogen) atoms. The molecule has 5 nitrogen and oxygen atoms in total. The van der Waals surface area contributed by atoms with Gasteiger partial charge in [0.2, 0.25) is 0 Å². The summed E-state index contributed by atoms with van der Waals surface area (Å²) in [4.78, 5) is 23.2. The van der Waals surface area contributed by atoms with E-state index in [2.05, 4.69) is 11.8 Å². The molecule has 1 atom stereocenters. The van der Waals surface area contributed by atoms with Crippen LogP contribution in [0.25, 0.3) is 22.3 Å². The van der Waals surface area contributed by atoms with Crippen LogP contribution >= 0.6 is 0 Å². The van der Waals surface area contributed by atoms with Gasteiger partial charge in [-0.2, -0.15) is 0 Å². The Morgan fingerprint density at radius 2 is 1.92 bits per heavy atom. The number of hydrogen-bond donors (Lipinski definition) is 1. The molecule has 1 fully saturated rings. The summed E-state index contributed by atoms with van der Waals surface area (Å²) in [7, 11) is 0. The summed E-state index contributed by atoms with van der Waals surface area (Å²) in [6.07, 6.45) is 2.26. The maximum atomic E-state index is 11.3. The molecule has 0 unspecified atom stereocenters. The first-order valence-corrected chi connectivity index (χ1v) is 8.50. The quantitative estimate of drug-likeness (QED) is 0.785. The number of nitrogens with zero attached hydrogens (tertiary/aromatic N) is 3. The van der Waals surface area contributed by atoms with Crippen LogP contribution in [-0.4, -0.2) is 33.6 Å². The van der Waals surface area contributed by atoms with E-state index in [-0.39, 0.29) is 5.56 Å². The van der Waals surface area contributed by atoms with Crippen molar-refractivity contribution in [2.24, 2.45) is 0 Å². The molecule has 1 aliphatic heterocycles. The first-order chi connectivity index (χ1) is 12.1. The number of benzene rings is 2. The largest absolute Gasteiger partial charge is 0.478 e. The molecule has 0 saturated carbocycles. The zero-order chi connectivity index (χ0) is 17.4. The predicted octanol–water partition coefficient (Wildman–Crippen LogP) is 3.98. The standard InChI is InChI=1S/C20H19N3O2/c1-13-6-5-11-23(13)19-18(14-7-3-2-4-8-14)21-16-10-9-15(20(24)25)12-17(16)22-19/h2-4,7-10,12-13H,5-6,11H2,1H3,(H,24,25)/t13-/m1/s1.